The average Bonchev–Trinajstić information content (AvgIpc) is 2.32. The van der Waals surface area contributed by atoms with Crippen LogP contribution in [0.4, 0.5) is 5.69 Å². The number of benzene rings is 1. The van der Waals surface area contributed by atoms with Crippen molar-refractivity contribution in [2.45, 2.75) is 12.8 Å². The van der Waals surface area contributed by atoms with Gasteiger partial charge in [-0.1, -0.05) is 12.1 Å². The fourth-order valence-electron chi connectivity index (χ4n) is 2.13. The highest BCUT2D eigenvalue weighted by molar-refractivity contribution is 14.1. The van der Waals surface area contributed by atoms with Crippen molar-refractivity contribution in [1.29, 1.82) is 0 Å². The molecule has 1 saturated heterocycles. The second kappa shape index (κ2) is 6.21. The molecule has 2 N–H and O–H groups in total. The molecule has 1 heterocycles. The molecule has 0 spiro atoms. The van der Waals surface area contributed by atoms with Crippen LogP contribution in [0.25, 0.3) is 0 Å². The van der Waals surface area contributed by atoms with Crippen LogP contribution in [-0.4, -0.2) is 27.3 Å². The number of rotatable bonds is 4. The quantitative estimate of drug-likeness (QED) is 0.786. The van der Waals surface area contributed by atoms with E-state index < -0.39 is 10.0 Å². The Balaban J connectivity index is 2.01. The molecule has 1 unspecified atom stereocenters. The topological polar surface area (TPSA) is 58.2 Å². The van der Waals surface area contributed by atoms with Crippen LogP contribution >= 0.6 is 22.6 Å². The molecule has 1 aromatic rings. The summed E-state index contributed by atoms with van der Waals surface area (Å²) in [4.78, 5) is 0. The van der Waals surface area contributed by atoms with Crippen LogP contribution in [0, 0.1) is 9.49 Å². The van der Waals surface area contributed by atoms with E-state index in [-0.39, 0.29) is 11.7 Å². The third kappa shape index (κ3) is 4.10. The van der Waals surface area contributed by atoms with Crippen LogP contribution in [0.15, 0.2) is 24.3 Å². The molecule has 1 fully saturated rings. The van der Waals surface area contributed by atoms with E-state index in [1.54, 1.807) is 6.07 Å². The van der Waals surface area contributed by atoms with E-state index in [0.717, 1.165) is 29.5 Å². The molecule has 2 rings (SSSR count). The van der Waals surface area contributed by atoms with Crippen LogP contribution in [0.1, 0.15) is 12.8 Å². The maximum absolute atomic E-state index is 12.1. The minimum Gasteiger partial charge on any atom is -0.316 e. The summed E-state index contributed by atoms with van der Waals surface area (Å²) in [7, 11) is -3.25. The van der Waals surface area contributed by atoms with Gasteiger partial charge in [0.25, 0.3) is 0 Å². The fraction of sp³-hybridized carbons (Fsp3) is 0.500. The first kappa shape index (κ1) is 14.1. The highest BCUT2D eigenvalue weighted by Crippen LogP contribution is 2.20. The van der Waals surface area contributed by atoms with Crippen molar-refractivity contribution in [3.05, 3.63) is 27.8 Å². The molecule has 0 aliphatic carbocycles. The number of hydrogen-bond acceptors (Lipinski definition) is 3. The predicted octanol–water partition coefficient (Wildman–Crippen LogP) is 2.03. The molecule has 100 valence electrons. The van der Waals surface area contributed by atoms with Crippen LogP contribution in [0.5, 0.6) is 0 Å². The summed E-state index contributed by atoms with van der Waals surface area (Å²) in [6.45, 7) is 1.80. The monoisotopic (exact) mass is 380 g/mol. The Morgan fingerprint density at radius 3 is 2.83 bits per heavy atom. The van der Waals surface area contributed by atoms with Gasteiger partial charge in [-0.15, -0.1) is 0 Å². The van der Waals surface area contributed by atoms with E-state index in [9.17, 15) is 8.42 Å². The number of hydrogen-bond donors (Lipinski definition) is 2. The Kier molecular flexibility index (Phi) is 4.85. The third-order valence-corrected chi connectivity index (χ3v) is 5.38. The Bertz CT molecular complexity index is 499. The van der Waals surface area contributed by atoms with E-state index in [0.29, 0.717) is 5.69 Å². The molecule has 0 radical (unpaired) electrons. The van der Waals surface area contributed by atoms with Crippen LogP contribution in [0.2, 0.25) is 0 Å². The summed E-state index contributed by atoms with van der Waals surface area (Å²) in [5.41, 5.74) is 0.668. The van der Waals surface area contributed by atoms with E-state index in [4.69, 9.17) is 0 Å². The lowest BCUT2D eigenvalue weighted by Crippen LogP contribution is -2.35. The van der Waals surface area contributed by atoms with Gasteiger partial charge in [-0.3, -0.25) is 4.72 Å². The molecule has 1 aliphatic rings. The van der Waals surface area contributed by atoms with Crippen molar-refractivity contribution in [2.24, 2.45) is 5.92 Å². The molecule has 1 aliphatic heterocycles. The third-order valence-electron chi connectivity index (χ3n) is 2.99. The van der Waals surface area contributed by atoms with Gasteiger partial charge in [-0.2, -0.15) is 0 Å². The fourth-order valence-corrected chi connectivity index (χ4v) is 4.34. The van der Waals surface area contributed by atoms with Crippen molar-refractivity contribution in [1.82, 2.24) is 5.32 Å². The van der Waals surface area contributed by atoms with Gasteiger partial charge in [0.05, 0.1) is 11.4 Å². The van der Waals surface area contributed by atoms with Gasteiger partial charge < -0.3 is 5.32 Å². The lowest BCUT2D eigenvalue weighted by Gasteiger charge is -2.22. The molecule has 0 saturated carbocycles. The summed E-state index contributed by atoms with van der Waals surface area (Å²) >= 11 is 2.13. The average molecular weight is 380 g/mol. The molecule has 4 nitrogen and oxygen atoms in total. The number of para-hydroxylation sites is 1. The normalized spacial score (nSPS) is 20.6. The molecule has 0 aromatic heterocycles. The minimum absolute atomic E-state index is 0.199. The lowest BCUT2D eigenvalue weighted by molar-refractivity contribution is 0.404. The second-order valence-corrected chi connectivity index (χ2v) is 7.50. The lowest BCUT2D eigenvalue weighted by atomic mass is 10.0. The number of nitrogens with one attached hydrogen (secondary N) is 2. The second-order valence-electron chi connectivity index (χ2n) is 4.58. The first-order chi connectivity index (χ1) is 8.57. The van der Waals surface area contributed by atoms with E-state index in [1.165, 1.54) is 0 Å². The molecular weight excluding hydrogens is 363 g/mol. The van der Waals surface area contributed by atoms with Crippen molar-refractivity contribution in [3.8, 4) is 0 Å². The van der Waals surface area contributed by atoms with E-state index in [2.05, 4.69) is 32.6 Å². The Labute approximate surface area is 122 Å². The number of piperidine rings is 1. The molecule has 1 atom stereocenters. The summed E-state index contributed by atoms with van der Waals surface area (Å²) < 4.78 is 27.7. The zero-order valence-corrected chi connectivity index (χ0v) is 13.0. The van der Waals surface area contributed by atoms with Crippen molar-refractivity contribution < 1.29 is 8.42 Å². The number of halogens is 1. The zero-order chi connectivity index (χ0) is 13.0. The first-order valence-corrected chi connectivity index (χ1v) is 8.76. The standard InChI is InChI=1S/C12H17IN2O2S/c13-11-5-1-2-6-12(11)15-18(16,17)9-10-4-3-7-14-8-10/h1-2,5-6,10,14-15H,3-4,7-9H2. The summed E-state index contributed by atoms with van der Waals surface area (Å²) in [6.07, 6.45) is 2.04. The Morgan fingerprint density at radius 2 is 2.17 bits per heavy atom. The van der Waals surface area contributed by atoms with Gasteiger partial charge in [-0.25, -0.2) is 8.42 Å². The maximum Gasteiger partial charge on any atom is 0.233 e. The summed E-state index contributed by atoms with van der Waals surface area (Å²) in [5.74, 6) is 0.419. The SMILES string of the molecule is O=S(=O)(CC1CCCNC1)Nc1ccccc1I. The summed E-state index contributed by atoms with van der Waals surface area (Å²) in [5, 5.41) is 3.24. The van der Waals surface area contributed by atoms with E-state index >= 15 is 0 Å². The van der Waals surface area contributed by atoms with Gasteiger partial charge in [-0.05, 0) is 66.6 Å². The smallest absolute Gasteiger partial charge is 0.233 e. The van der Waals surface area contributed by atoms with Gasteiger partial charge in [0.2, 0.25) is 10.0 Å². The first-order valence-electron chi connectivity index (χ1n) is 6.02. The minimum atomic E-state index is -3.25. The van der Waals surface area contributed by atoms with Gasteiger partial charge in [0.15, 0.2) is 0 Å². The largest absolute Gasteiger partial charge is 0.316 e. The van der Waals surface area contributed by atoms with Crippen molar-refractivity contribution in [3.63, 3.8) is 0 Å². The molecular formula is C12H17IN2O2S. The molecule has 6 heteroatoms. The Morgan fingerprint density at radius 1 is 1.39 bits per heavy atom. The molecule has 1 aromatic carbocycles. The van der Waals surface area contributed by atoms with Crippen molar-refractivity contribution >= 4 is 38.3 Å². The molecule has 0 bridgehead atoms. The van der Waals surface area contributed by atoms with Crippen LogP contribution in [0.3, 0.4) is 0 Å². The highest BCUT2D eigenvalue weighted by atomic mass is 127. The Hall–Kier alpha value is -0.340. The zero-order valence-electron chi connectivity index (χ0n) is 10.0. The number of sulfonamides is 1. The van der Waals surface area contributed by atoms with Gasteiger partial charge in [0.1, 0.15) is 0 Å². The predicted molar refractivity (Wildman–Crippen MR) is 82.2 cm³/mol. The van der Waals surface area contributed by atoms with Crippen molar-refractivity contribution in [2.75, 3.05) is 23.6 Å². The van der Waals surface area contributed by atoms with Crippen LogP contribution < -0.4 is 10.0 Å². The van der Waals surface area contributed by atoms with Crippen LogP contribution in [-0.2, 0) is 10.0 Å². The van der Waals surface area contributed by atoms with Gasteiger partial charge >= 0.3 is 0 Å². The highest BCUT2D eigenvalue weighted by Gasteiger charge is 2.21. The maximum atomic E-state index is 12.1. The molecule has 0 amide bonds. The summed E-state index contributed by atoms with van der Waals surface area (Å²) in [6, 6.07) is 7.41. The van der Waals surface area contributed by atoms with E-state index in [1.807, 2.05) is 18.2 Å². The number of anilines is 1. The molecule has 18 heavy (non-hydrogen) atoms. The van der Waals surface area contributed by atoms with Gasteiger partial charge in [0, 0.05) is 3.57 Å².